The van der Waals surface area contributed by atoms with Crippen molar-refractivity contribution in [1.82, 2.24) is 4.98 Å². The van der Waals surface area contributed by atoms with Crippen molar-refractivity contribution in [3.05, 3.63) is 35.5 Å². The maximum absolute atomic E-state index is 11.9. The van der Waals surface area contributed by atoms with E-state index in [0.717, 1.165) is 11.8 Å². The number of nitrogens with one attached hydrogen (secondary N) is 1. The van der Waals surface area contributed by atoms with E-state index >= 15 is 0 Å². The van der Waals surface area contributed by atoms with Crippen LogP contribution in [0.4, 0.5) is 0 Å². The molecule has 0 aliphatic rings. The average Bonchev–Trinajstić information content (AvgIpc) is 3.00. The second-order valence-corrected chi connectivity index (χ2v) is 6.41. The van der Waals surface area contributed by atoms with Gasteiger partial charge in [-0.3, -0.25) is 4.79 Å². The molecule has 2 atom stereocenters. The van der Waals surface area contributed by atoms with Gasteiger partial charge in [-0.2, -0.15) is 0 Å². The maximum atomic E-state index is 11.9. The highest BCUT2D eigenvalue weighted by Gasteiger charge is 2.22. The summed E-state index contributed by atoms with van der Waals surface area (Å²) in [6.07, 6.45) is -0.229. The largest absolute Gasteiger partial charge is 0.465 e. The van der Waals surface area contributed by atoms with Gasteiger partial charge in [-0.05, 0) is 30.2 Å². The predicted molar refractivity (Wildman–Crippen MR) is 88.4 cm³/mol. The number of rotatable bonds is 6. The van der Waals surface area contributed by atoms with Crippen molar-refractivity contribution in [2.45, 2.75) is 25.6 Å². The average molecular weight is 337 g/mol. The molecule has 124 valence electrons. The molecule has 0 saturated carbocycles. The van der Waals surface area contributed by atoms with E-state index in [1.165, 1.54) is 20.1 Å². The fourth-order valence-electron chi connectivity index (χ4n) is 2.34. The number of aromatic amines is 1. The first-order valence-corrected chi connectivity index (χ1v) is 8.11. The third-order valence-electron chi connectivity index (χ3n) is 3.52. The molecule has 0 fully saturated rings. The SMILES string of the molecule is COC(=O)c1cc(C(O)C(O)CCSC(C)=O)cc2[nH]ccc12. The molecule has 0 amide bonds. The Bertz CT molecular complexity index is 712. The molecule has 3 N–H and O–H groups in total. The van der Waals surface area contributed by atoms with Gasteiger partial charge in [-0.25, -0.2) is 4.79 Å². The molecule has 2 rings (SSSR count). The summed E-state index contributed by atoms with van der Waals surface area (Å²) in [5.41, 5.74) is 1.42. The number of benzene rings is 1. The van der Waals surface area contributed by atoms with Crippen LogP contribution in [-0.4, -0.2) is 45.2 Å². The van der Waals surface area contributed by atoms with E-state index in [-0.39, 0.29) is 11.5 Å². The first-order valence-electron chi connectivity index (χ1n) is 7.13. The Morgan fingerprint density at radius 1 is 1.35 bits per heavy atom. The molecule has 0 aliphatic carbocycles. The Morgan fingerprint density at radius 3 is 2.74 bits per heavy atom. The summed E-state index contributed by atoms with van der Waals surface area (Å²) in [6.45, 7) is 1.45. The number of H-pyrrole nitrogens is 1. The zero-order valence-corrected chi connectivity index (χ0v) is 13.7. The standard InChI is InChI=1S/C16H19NO5S/c1-9(18)23-6-4-14(19)15(20)10-7-12(16(21)22-2)11-3-5-17-13(11)8-10/h3,5,7-8,14-15,17,19-20H,4,6H2,1-2H3. The molecule has 23 heavy (non-hydrogen) atoms. The van der Waals surface area contributed by atoms with Crippen LogP contribution >= 0.6 is 11.8 Å². The molecule has 0 saturated heterocycles. The van der Waals surface area contributed by atoms with Gasteiger partial charge in [0, 0.05) is 29.8 Å². The van der Waals surface area contributed by atoms with E-state index < -0.39 is 18.2 Å². The molecule has 2 aromatic rings. The zero-order chi connectivity index (χ0) is 17.0. The van der Waals surface area contributed by atoms with Crippen LogP contribution in [0.1, 0.15) is 35.4 Å². The van der Waals surface area contributed by atoms with Gasteiger partial charge in [-0.15, -0.1) is 0 Å². The second kappa shape index (κ2) is 7.63. The van der Waals surface area contributed by atoms with Gasteiger partial charge in [0.15, 0.2) is 5.12 Å². The van der Waals surface area contributed by atoms with Gasteiger partial charge < -0.3 is 19.9 Å². The van der Waals surface area contributed by atoms with Crippen molar-refractivity contribution < 1.29 is 24.5 Å². The number of fused-ring (bicyclic) bond motifs is 1. The van der Waals surface area contributed by atoms with Gasteiger partial charge >= 0.3 is 5.97 Å². The van der Waals surface area contributed by atoms with Crippen molar-refractivity contribution in [2.24, 2.45) is 0 Å². The third kappa shape index (κ3) is 4.13. The van der Waals surface area contributed by atoms with Crippen molar-refractivity contribution >= 4 is 33.7 Å². The van der Waals surface area contributed by atoms with Crippen LogP contribution in [0, 0.1) is 0 Å². The number of aliphatic hydroxyl groups excluding tert-OH is 2. The number of aromatic nitrogens is 1. The van der Waals surface area contributed by atoms with E-state index in [2.05, 4.69) is 4.98 Å². The number of hydrogen-bond acceptors (Lipinski definition) is 6. The highest BCUT2D eigenvalue weighted by molar-refractivity contribution is 8.13. The number of ether oxygens (including phenoxy) is 1. The fourth-order valence-corrected chi connectivity index (χ4v) is 2.99. The molecule has 1 aromatic carbocycles. The molecule has 0 radical (unpaired) electrons. The lowest BCUT2D eigenvalue weighted by Gasteiger charge is -2.18. The Balaban J connectivity index is 2.24. The molecule has 7 heteroatoms. The summed E-state index contributed by atoms with van der Waals surface area (Å²) >= 11 is 1.10. The lowest BCUT2D eigenvalue weighted by atomic mass is 9.98. The van der Waals surface area contributed by atoms with E-state index in [1.807, 2.05) is 0 Å². The van der Waals surface area contributed by atoms with E-state index in [4.69, 9.17) is 4.74 Å². The van der Waals surface area contributed by atoms with Crippen LogP contribution in [0.25, 0.3) is 10.9 Å². The van der Waals surface area contributed by atoms with Gasteiger partial charge in [0.1, 0.15) is 6.10 Å². The Kier molecular flexibility index (Phi) is 5.81. The number of carbonyl (C=O) groups excluding carboxylic acids is 2. The number of hydrogen-bond donors (Lipinski definition) is 3. The zero-order valence-electron chi connectivity index (χ0n) is 12.9. The van der Waals surface area contributed by atoms with Crippen LogP contribution < -0.4 is 0 Å². The molecule has 6 nitrogen and oxygen atoms in total. The van der Waals surface area contributed by atoms with Crippen LogP contribution in [-0.2, 0) is 9.53 Å². The normalized spacial score (nSPS) is 13.7. The quantitative estimate of drug-likeness (QED) is 0.697. The maximum Gasteiger partial charge on any atom is 0.338 e. The summed E-state index contributed by atoms with van der Waals surface area (Å²) in [7, 11) is 1.29. The number of thioether (sulfide) groups is 1. The number of methoxy groups -OCH3 is 1. The minimum Gasteiger partial charge on any atom is -0.465 e. The van der Waals surface area contributed by atoms with Crippen LogP contribution in [0.15, 0.2) is 24.4 Å². The number of carbonyl (C=O) groups is 2. The molecule has 0 bridgehead atoms. The summed E-state index contributed by atoms with van der Waals surface area (Å²) in [5, 5.41) is 21.1. The summed E-state index contributed by atoms with van der Waals surface area (Å²) in [6, 6.07) is 4.96. The predicted octanol–water partition coefficient (Wildman–Crippen LogP) is 2.02. The van der Waals surface area contributed by atoms with E-state index in [1.54, 1.807) is 18.3 Å². The number of esters is 1. The van der Waals surface area contributed by atoms with Gasteiger partial charge in [0.05, 0.1) is 18.8 Å². The first-order chi connectivity index (χ1) is 10.9. The second-order valence-electron chi connectivity index (χ2n) is 5.14. The van der Waals surface area contributed by atoms with Crippen LogP contribution in [0.3, 0.4) is 0 Å². The van der Waals surface area contributed by atoms with E-state index in [9.17, 15) is 19.8 Å². The molecular weight excluding hydrogens is 318 g/mol. The lowest BCUT2D eigenvalue weighted by molar-refractivity contribution is -0.109. The fraction of sp³-hybridized carbons (Fsp3) is 0.375. The third-order valence-corrected chi connectivity index (χ3v) is 4.37. The Hall–Kier alpha value is -1.83. The molecular formula is C16H19NO5S. The summed E-state index contributed by atoms with van der Waals surface area (Å²) in [5.74, 6) is -0.0902. The first kappa shape index (κ1) is 17.5. The van der Waals surface area contributed by atoms with Crippen molar-refractivity contribution in [3.8, 4) is 0 Å². The van der Waals surface area contributed by atoms with Crippen molar-refractivity contribution in [3.63, 3.8) is 0 Å². The smallest absolute Gasteiger partial charge is 0.338 e. The topological polar surface area (TPSA) is 99.6 Å². The van der Waals surface area contributed by atoms with Gasteiger partial charge in [-0.1, -0.05) is 11.8 Å². The lowest BCUT2D eigenvalue weighted by Crippen LogP contribution is -2.19. The number of aliphatic hydroxyl groups is 2. The Morgan fingerprint density at radius 2 is 2.09 bits per heavy atom. The van der Waals surface area contributed by atoms with Crippen molar-refractivity contribution in [2.75, 3.05) is 12.9 Å². The van der Waals surface area contributed by atoms with Crippen LogP contribution in [0.2, 0.25) is 0 Å². The monoisotopic (exact) mass is 337 g/mol. The van der Waals surface area contributed by atoms with Gasteiger partial charge in [0.2, 0.25) is 0 Å². The minimum atomic E-state index is -1.15. The van der Waals surface area contributed by atoms with Gasteiger partial charge in [0.25, 0.3) is 0 Å². The minimum absolute atomic E-state index is 0.0347. The molecule has 1 aromatic heterocycles. The summed E-state index contributed by atoms with van der Waals surface area (Å²) < 4.78 is 4.76. The van der Waals surface area contributed by atoms with Crippen LogP contribution in [0.5, 0.6) is 0 Å². The molecule has 0 spiro atoms. The highest BCUT2D eigenvalue weighted by Crippen LogP contribution is 2.27. The molecule has 0 aliphatic heterocycles. The van der Waals surface area contributed by atoms with E-state index in [0.29, 0.717) is 27.8 Å². The molecule has 2 unspecified atom stereocenters. The van der Waals surface area contributed by atoms with Crippen molar-refractivity contribution in [1.29, 1.82) is 0 Å². The Labute approximate surface area is 137 Å². The summed E-state index contributed by atoms with van der Waals surface area (Å²) in [4.78, 5) is 25.8. The molecule has 1 heterocycles. The highest BCUT2D eigenvalue weighted by atomic mass is 32.2.